The van der Waals surface area contributed by atoms with Gasteiger partial charge in [-0.3, -0.25) is 4.79 Å². The van der Waals surface area contributed by atoms with Crippen LogP contribution in [0.2, 0.25) is 0 Å². The Bertz CT molecular complexity index is 1730. The van der Waals surface area contributed by atoms with Gasteiger partial charge in [-0.25, -0.2) is 9.67 Å². The highest BCUT2D eigenvalue weighted by atomic mass is 16.6. The number of allylic oxidation sites excluding steroid dienone is 1. The van der Waals surface area contributed by atoms with Crippen LogP contribution in [-0.2, 0) is 0 Å². The fourth-order valence-corrected chi connectivity index (χ4v) is 4.14. The molecule has 36 heavy (non-hydrogen) atoms. The van der Waals surface area contributed by atoms with Crippen molar-refractivity contribution in [2.75, 3.05) is 13.2 Å². The van der Waals surface area contributed by atoms with Crippen LogP contribution in [0.5, 0.6) is 11.5 Å². The first kappa shape index (κ1) is 21.4. The van der Waals surface area contributed by atoms with E-state index >= 15 is 0 Å². The normalized spacial score (nSPS) is 12.9. The summed E-state index contributed by atoms with van der Waals surface area (Å²) in [4.78, 5) is 19.9. The van der Waals surface area contributed by atoms with Crippen LogP contribution in [0.3, 0.4) is 0 Å². The molecule has 0 bridgehead atoms. The summed E-state index contributed by atoms with van der Waals surface area (Å²) < 4.78 is 13.2. The van der Waals surface area contributed by atoms with Crippen molar-refractivity contribution in [3.8, 4) is 34.5 Å². The molecule has 8 heteroatoms. The van der Waals surface area contributed by atoms with Crippen LogP contribution in [0, 0.1) is 11.3 Å². The zero-order valence-electron chi connectivity index (χ0n) is 19.0. The maximum atomic E-state index is 12.6. The Kier molecular flexibility index (Phi) is 5.28. The van der Waals surface area contributed by atoms with Gasteiger partial charge in [0, 0.05) is 17.3 Å². The van der Waals surface area contributed by atoms with E-state index in [1.807, 2.05) is 54.7 Å². The van der Waals surface area contributed by atoms with Crippen molar-refractivity contribution in [3.05, 3.63) is 101 Å². The van der Waals surface area contributed by atoms with E-state index in [-0.39, 0.29) is 17.0 Å². The molecule has 0 atom stereocenters. The van der Waals surface area contributed by atoms with E-state index in [1.54, 1.807) is 35.0 Å². The van der Waals surface area contributed by atoms with Crippen molar-refractivity contribution in [3.63, 3.8) is 0 Å². The summed E-state index contributed by atoms with van der Waals surface area (Å²) in [6, 6.07) is 24.5. The summed E-state index contributed by atoms with van der Waals surface area (Å²) >= 11 is 0. The highest BCUT2D eigenvalue weighted by Gasteiger charge is 2.18. The number of hydrogen-bond donors (Lipinski definition) is 1. The van der Waals surface area contributed by atoms with Gasteiger partial charge in [0.05, 0.1) is 22.2 Å². The number of rotatable bonds is 4. The molecule has 5 aromatic rings. The van der Waals surface area contributed by atoms with E-state index in [0.29, 0.717) is 46.9 Å². The van der Waals surface area contributed by atoms with Gasteiger partial charge in [0.25, 0.3) is 5.56 Å². The first-order valence-electron chi connectivity index (χ1n) is 11.4. The standard InChI is InChI=1S/C28H19N5O3/c29-16-19(27-30-23-9-5-4-8-22(23)28(34)31-27)14-20-17-33(21-6-2-1-3-7-21)32-26(20)18-10-11-24-25(15-18)36-13-12-35-24/h1-11,14-15,17H,12-13H2,(H,30,31,34)/b19-14-. The molecular formula is C28H19N5O3. The number of nitriles is 1. The molecule has 3 aromatic carbocycles. The summed E-state index contributed by atoms with van der Waals surface area (Å²) in [6.07, 6.45) is 3.53. The van der Waals surface area contributed by atoms with E-state index in [0.717, 1.165) is 11.3 Å². The summed E-state index contributed by atoms with van der Waals surface area (Å²) in [5.74, 6) is 1.52. The van der Waals surface area contributed by atoms with Crippen LogP contribution >= 0.6 is 0 Å². The third-order valence-electron chi connectivity index (χ3n) is 5.87. The Morgan fingerprint density at radius 1 is 1.00 bits per heavy atom. The quantitative estimate of drug-likeness (QED) is 0.382. The molecule has 6 rings (SSSR count). The lowest BCUT2D eigenvalue weighted by Gasteiger charge is -2.18. The Labute approximate surface area is 205 Å². The predicted octanol–water partition coefficient (Wildman–Crippen LogP) is 4.61. The van der Waals surface area contributed by atoms with Gasteiger partial charge in [0.2, 0.25) is 0 Å². The third kappa shape index (κ3) is 3.89. The fourth-order valence-electron chi connectivity index (χ4n) is 4.14. The van der Waals surface area contributed by atoms with E-state index in [1.165, 1.54) is 0 Å². The maximum Gasteiger partial charge on any atom is 0.259 e. The minimum absolute atomic E-state index is 0.196. The average molecular weight is 473 g/mol. The van der Waals surface area contributed by atoms with E-state index < -0.39 is 0 Å². The summed E-state index contributed by atoms with van der Waals surface area (Å²) in [6.45, 7) is 0.979. The molecule has 0 fully saturated rings. The molecule has 0 amide bonds. The molecule has 0 aliphatic carbocycles. The second-order valence-electron chi connectivity index (χ2n) is 8.17. The highest BCUT2D eigenvalue weighted by molar-refractivity contribution is 5.91. The number of aromatic amines is 1. The number of aromatic nitrogens is 4. The lowest BCUT2D eigenvalue weighted by Crippen LogP contribution is -2.15. The van der Waals surface area contributed by atoms with Gasteiger partial charge < -0.3 is 14.5 Å². The first-order valence-corrected chi connectivity index (χ1v) is 11.4. The molecular weight excluding hydrogens is 454 g/mol. The lowest BCUT2D eigenvalue weighted by molar-refractivity contribution is 0.171. The third-order valence-corrected chi connectivity index (χ3v) is 5.87. The predicted molar refractivity (Wildman–Crippen MR) is 136 cm³/mol. The minimum atomic E-state index is -0.302. The monoisotopic (exact) mass is 473 g/mol. The minimum Gasteiger partial charge on any atom is -0.486 e. The van der Waals surface area contributed by atoms with Gasteiger partial charge in [-0.2, -0.15) is 10.4 Å². The van der Waals surface area contributed by atoms with Crippen molar-refractivity contribution in [1.82, 2.24) is 19.7 Å². The van der Waals surface area contributed by atoms with E-state index in [9.17, 15) is 10.1 Å². The lowest BCUT2D eigenvalue weighted by atomic mass is 10.0. The summed E-state index contributed by atoms with van der Waals surface area (Å²) in [7, 11) is 0. The Hall–Kier alpha value is -5.16. The smallest absolute Gasteiger partial charge is 0.259 e. The SMILES string of the molecule is N#C/C(=C/c1cn(-c2ccccc2)nc1-c1ccc2c(c1)OCCO2)c1nc2ccccc2c(=O)[nH]1. The number of nitrogens with one attached hydrogen (secondary N) is 1. The van der Waals surface area contributed by atoms with Gasteiger partial charge in [-0.15, -0.1) is 0 Å². The zero-order valence-corrected chi connectivity index (χ0v) is 19.0. The second-order valence-corrected chi connectivity index (χ2v) is 8.17. The number of benzene rings is 3. The fraction of sp³-hybridized carbons (Fsp3) is 0.0714. The number of nitrogens with zero attached hydrogens (tertiary/aromatic N) is 4. The number of ether oxygens (including phenoxy) is 2. The van der Waals surface area contributed by atoms with Crippen molar-refractivity contribution < 1.29 is 9.47 Å². The molecule has 2 aromatic heterocycles. The number of fused-ring (bicyclic) bond motifs is 2. The van der Waals surface area contributed by atoms with Gasteiger partial charge in [0.1, 0.15) is 25.0 Å². The molecule has 1 aliphatic rings. The molecule has 0 unspecified atom stereocenters. The maximum absolute atomic E-state index is 12.6. The summed E-state index contributed by atoms with van der Waals surface area (Å²) in [5.41, 5.74) is 3.43. The van der Waals surface area contributed by atoms with Crippen molar-refractivity contribution in [2.24, 2.45) is 0 Å². The molecule has 0 saturated heterocycles. The van der Waals surface area contributed by atoms with E-state index in [4.69, 9.17) is 14.6 Å². The Morgan fingerprint density at radius 2 is 1.78 bits per heavy atom. The topological polar surface area (TPSA) is 106 Å². The van der Waals surface area contributed by atoms with Crippen LogP contribution in [0.15, 0.2) is 83.8 Å². The van der Waals surface area contributed by atoms with E-state index in [2.05, 4.69) is 16.0 Å². The zero-order chi connectivity index (χ0) is 24.5. The largest absolute Gasteiger partial charge is 0.486 e. The molecule has 1 aliphatic heterocycles. The van der Waals surface area contributed by atoms with Gasteiger partial charge >= 0.3 is 0 Å². The van der Waals surface area contributed by atoms with Crippen molar-refractivity contribution in [2.45, 2.75) is 0 Å². The Balaban J connectivity index is 1.52. The average Bonchev–Trinajstić information content (AvgIpc) is 3.36. The first-order chi connectivity index (χ1) is 17.7. The van der Waals surface area contributed by atoms with Crippen LogP contribution in [0.1, 0.15) is 11.4 Å². The Morgan fingerprint density at radius 3 is 2.61 bits per heavy atom. The molecule has 3 heterocycles. The summed E-state index contributed by atoms with van der Waals surface area (Å²) in [5, 5.41) is 15.3. The molecule has 1 N–H and O–H groups in total. The van der Waals surface area contributed by atoms with Crippen LogP contribution < -0.4 is 15.0 Å². The second kappa shape index (κ2) is 8.89. The van der Waals surface area contributed by atoms with Crippen LogP contribution in [-0.4, -0.2) is 33.0 Å². The number of para-hydroxylation sites is 2. The number of hydrogen-bond acceptors (Lipinski definition) is 6. The molecule has 0 radical (unpaired) electrons. The molecule has 174 valence electrons. The van der Waals surface area contributed by atoms with Crippen LogP contribution in [0.4, 0.5) is 0 Å². The van der Waals surface area contributed by atoms with Gasteiger partial charge in [0.15, 0.2) is 17.3 Å². The van der Waals surface area contributed by atoms with Gasteiger partial charge in [-0.1, -0.05) is 30.3 Å². The van der Waals surface area contributed by atoms with Gasteiger partial charge in [-0.05, 0) is 48.5 Å². The highest BCUT2D eigenvalue weighted by Crippen LogP contribution is 2.36. The molecule has 8 nitrogen and oxygen atoms in total. The molecule has 0 spiro atoms. The van der Waals surface area contributed by atoms with Crippen molar-refractivity contribution >= 4 is 22.6 Å². The molecule has 0 saturated carbocycles. The van der Waals surface area contributed by atoms with Crippen LogP contribution in [0.25, 0.3) is 39.5 Å². The number of H-pyrrole nitrogens is 1. The van der Waals surface area contributed by atoms with Crippen molar-refractivity contribution in [1.29, 1.82) is 5.26 Å².